The van der Waals surface area contributed by atoms with E-state index in [2.05, 4.69) is 15.0 Å². The van der Waals surface area contributed by atoms with Gasteiger partial charge >= 0.3 is 12.3 Å². The Morgan fingerprint density at radius 1 is 0.955 bits per heavy atom. The SMILES string of the molecule is CCCCCOC(=O)OC1(OC(=O)O)CCN(Cc2ccc(-c3noc(-c4ccc(-c5ccccc5)c(F)c4)n3)cc2)CC1. The minimum absolute atomic E-state index is 0.181. The van der Waals surface area contributed by atoms with Crippen LogP contribution in [0.5, 0.6) is 0 Å². The number of hydrogen-bond acceptors (Lipinski definition) is 9. The second-order valence-corrected chi connectivity index (χ2v) is 10.6. The van der Waals surface area contributed by atoms with Gasteiger partial charge in [-0.2, -0.15) is 4.98 Å². The molecule has 3 aromatic carbocycles. The summed E-state index contributed by atoms with van der Waals surface area (Å²) in [6.07, 6.45) is 0.536. The lowest BCUT2D eigenvalue weighted by molar-refractivity contribution is -0.209. The number of halogens is 1. The predicted octanol–water partition coefficient (Wildman–Crippen LogP) is 7.54. The van der Waals surface area contributed by atoms with E-state index >= 15 is 0 Å². The lowest BCUT2D eigenvalue weighted by Crippen LogP contribution is -2.49. The molecular weight excluding hydrogens is 569 g/mol. The molecule has 1 aliphatic heterocycles. The fraction of sp³-hybridized carbons (Fsp3) is 0.333. The van der Waals surface area contributed by atoms with E-state index in [1.54, 1.807) is 12.1 Å². The number of benzene rings is 3. The van der Waals surface area contributed by atoms with Gasteiger partial charge in [-0.3, -0.25) is 4.90 Å². The molecule has 0 unspecified atom stereocenters. The summed E-state index contributed by atoms with van der Waals surface area (Å²) in [6.45, 7) is 3.74. The van der Waals surface area contributed by atoms with Gasteiger partial charge < -0.3 is 23.8 Å². The number of unbranched alkanes of at least 4 members (excludes halogenated alkanes) is 2. The van der Waals surface area contributed by atoms with Crippen LogP contribution < -0.4 is 0 Å². The van der Waals surface area contributed by atoms with E-state index < -0.39 is 18.1 Å². The Kier molecular flexibility index (Phi) is 9.86. The largest absolute Gasteiger partial charge is 0.511 e. The van der Waals surface area contributed by atoms with Crippen molar-refractivity contribution in [3.05, 3.63) is 84.2 Å². The van der Waals surface area contributed by atoms with Crippen molar-refractivity contribution in [2.24, 2.45) is 0 Å². The first-order chi connectivity index (χ1) is 21.3. The van der Waals surface area contributed by atoms with Gasteiger partial charge in [-0.15, -0.1) is 0 Å². The molecule has 0 saturated carbocycles. The summed E-state index contributed by atoms with van der Waals surface area (Å²) < 4.78 is 35.8. The maximum Gasteiger partial charge on any atom is 0.511 e. The van der Waals surface area contributed by atoms with Gasteiger partial charge in [0.1, 0.15) is 5.82 Å². The van der Waals surface area contributed by atoms with Crippen LogP contribution in [0.25, 0.3) is 34.0 Å². The number of hydrogen-bond donors (Lipinski definition) is 1. The van der Waals surface area contributed by atoms with Crippen molar-refractivity contribution >= 4 is 12.3 Å². The van der Waals surface area contributed by atoms with Crippen LogP contribution in [0, 0.1) is 5.82 Å². The average Bonchev–Trinajstić information content (AvgIpc) is 3.52. The van der Waals surface area contributed by atoms with E-state index in [4.69, 9.17) is 18.7 Å². The molecule has 0 aliphatic carbocycles. The van der Waals surface area contributed by atoms with E-state index in [0.717, 1.165) is 29.5 Å². The molecule has 44 heavy (non-hydrogen) atoms. The molecule has 10 nitrogen and oxygen atoms in total. The second kappa shape index (κ2) is 14.1. The molecule has 4 aromatic rings. The van der Waals surface area contributed by atoms with Crippen LogP contribution in [-0.2, 0) is 20.8 Å². The fourth-order valence-electron chi connectivity index (χ4n) is 5.10. The van der Waals surface area contributed by atoms with Gasteiger partial charge in [-0.1, -0.05) is 85.6 Å². The van der Waals surface area contributed by atoms with Gasteiger partial charge in [-0.05, 0) is 29.7 Å². The molecule has 0 radical (unpaired) electrons. The lowest BCUT2D eigenvalue weighted by Gasteiger charge is -2.38. The van der Waals surface area contributed by atoms with E-state index in [0.29, 0.717) is 43.0 Å². The average molecular weight is 604 g/mol. The molecule has 230 valence electrons. The third kappa shape index (κ3) is 7.78. The van der Waals surface area contributed by atoms with E-state index in [-0.39, 0.29) is 31.2 Å². The number of carbonyl (C=O) groups excluding carboxylic acids is 1. The first-order valence-corrected chi connectivity index (χ1v) is 14.6. The van der Waals surface area contributed by atoms with Crippen molar-refractivity contribution in [2.75, 3.05) is 19.7 Å². The molecule has 1 fully saturated rings. The topological polar surface area (TPSA) is 124 Å². The highest BCUT2D eigenvalue weighted by Gasteiger charge is 2.43. The Labute approximate surface area is 254 Å². The molecule has 0 spiro atoms. The van der Waals surface area contributed by atoms with Gasteiger partial charge in [-0.25, -0.2) is 14.0 Å². The van der Waals surface area contributed by atoms with Crippen LogP contribution >= 0.6 is 0 Å². The molecule has 0 amide bonds. The Morgan fingerprint density at radius 2 is 1.68 bits per heavy atom. The third-order valence-corrected chi connectivity index (χ3v) is 7.47. The smallest absolute Gasteiger partial charge is 0.450 e. The summed E-state index contributed by atoms with van der Waals surface area (Å²) in [5.74, 6) is -1.35. The van der Waals surface area contributed by atoms with Gasteiger partial charge in [0, 0.05) is 49.2 Å². The predicted molar refractivity (Wildman–Crippen MR) is 159 cm³/mol. The Balaban J connectivity index is 1.17. The third-order valence-electron chi connectivity index (χ3n) is 7.47. The van der Waals surface area contributed by atoms with Gasteiger partial charge in [0.25, 0.3) is 11.7 Å². The van der Waals surface area contributed by atoms with Crippen molar-refractivity contribution in [2.45, 2.75) is 51.4 Å². The first-order valence-electron chi connectivity index (χ1n) is 14.6. The molecule has 1 aliphatic rings. The number of carboxylic acid groups (broad SMARTS) is 1. The second-order valence-electron chi connectivity index (χ2n) is 10.6. The molecule has 0 bridgehead atoms. The zero-order valence-electron chi connectivity index (χ0n) is 24.4. The van der Waals surface area contributed by atoms with Crippen LogP contribution in [0.15, 0.2) is 77.3 Å². The molecule has 2 heterocycles. The normalized spacial score (nSPS) is 14.6. The highest BCUT2D eigenvalue weighted by molar-refractivity contribution is 5.69. The number of rotatable bonds is 11. The Bertz CT molecular complexity index is 1550. The minimum atomic E-state index is -1.57. The zero-order chi connectivity index (χ0) is 30.9. The van der Waals surface area contributed by atoms with Crippen molar-refractivity contribution in [3.63, 3.8) is 0 Å². The lowest BCUT2D eigenvalue weighted by atomic mass is 10.0. The van der Waals surface area contributed by atoms with Crippen LogP contribution in [0.3, 0.4) is 0 Å². The van der Waals surface area contributed by atoms with Crippen LogP contribution in [-0.4, -0.2) is 57.9 Å². The van der Waals surface area contributed by atoms with Crippen LogP contribution in [0.2, 0.25) is 0 Å². The molecule has 5 rings (SSSR count). The standard InChI is InChI=1S/C33H34FN3O7/c1-2-3-7-20-41-32(40)43-33(42-31(38)39)16-18-37(19-17-33)22-23-10-12-25(13-11-23)29-35-30(44-36-29)26-14-15-27(28(34)21-26)24-8-5-4-6-9-24/h4-6,8-15,21H,2-3,7,16-20,22H2,1H3,(H,38,39). The maximum atomic E-state index is 14.9. The highest BCUT2D eigenvalue weighted by Crippen LogP contribution is 2.31. The van der Waals surface area contributed by atoms with Crippen molar-refractivity contribution in [1.82, 2.24) is 15.0 Å². The summed E-state index contributed by atoms with van der Waals surface area (Å²) in [6, 6.07) is 21.8. The van der Waals surface area contributed by atoms with Crippen LogP contribution in [0.4, 0.5) is 14.0 Å². The Hall–Kier alpha value is -4.77. The monoisotopic (exact) mass is 603 g/mol. The molecular formula is C33H34FN3O7. The fourth-order valence-corrected chi connectivity index (χ4v) is 5.10. The number of piperidine rings is 1. The summed E-state index contributed by atoms with van der Waals surface area (Å²) in [5.41, 5.74) is 3.51. The molecule has 0 atom stereocenters. The zero-order valence-corrected chi connectivity index (χ0v) is 24.4. The summed E-state index contributed by atoms with van der Waals surface area (Å²) in [7, 11) is 0. The van der Waals surface area contributed by atoms with E-state index in [1.807, 2.05) is 61.5 Å². The molecule has 1 N–H and O–H groups in total. The molecule has 1 aromatic heterocycles. The quantitative estimate of drug-likeness (QED) is 0.104. The van der Waals surface area contributed by atoms with E-state index in [9.17, 15) is 19.1 Å². The summed E-state index contributed by atoms with van der Waals surface area (Å²) >= 11 is 0. The van der Waals surface area contributed by atoms with Crippen molar-refractivity contribution in [3.8, 4) is 34.0 Å². The van der Waals surface area contributed by atoms with Gasteiger partial charge in [0.05, 0.1) is 6.61 Å². The number of aromatic nitrogens is 2. The molecule has 11 heteroatoms. The highest BCUT2D eigenvalue weighted by atomic mass is 19.1. The number of ether oxygens (including phenoxy) is 3. The van der Waals surface area contributed by atoms with Gasteiger partial charge in [0.2, 0.25) is 5.82 Å². The summed E-state index contributed by atoms with van der Waals surface area (Å²) in [5, 5.41) is 13.3. The number of carbonyl (C=O) groups is 2. The first kappa shape index (κ1) is 30.7. The number of likely N-dealkylation sites (tertiary alicyclic amines) is 1. The number of nitrogens with zero attached hydrogens (tertiary/aromatic N) is 3. The van der Waals surface area contributed by atoms with E-state index in [1.165, 1.54) is 6.07 Å². The van der Waals surface area contributed by atoms with Crippen molar-refractivity contribution < 1.29 is 37.8 Å². The minimum Gasteiger partial charge on any atom is -0.450 e. The van der Waals surface area contributed by atoms with Crippen LogP contribution in [0.1, 0.15) is 44.6 Å². The summed E-state index contributed by atoms with van der Waals surface area (Å²) in [4.78, 5) is 30.1. The maximum absolute atomic E-state index is 14.9. The molecule has 1 saturated heterocycles. The Morgan fingerprint density at radius 3 is 2.36 bits per heavy atom. The van der Waals surface area contributed by atoms with Gasteiger partial charge in [0.15, 0.2) is 0 Å². The van der Waals surface area contributed by atoms with Crippen molar-refractivity contribution in [1.29, 1.82) is 0 Å².